The second kappa shape index (κ2) is 9.74. The highest BCUT2D eigenvalue weighted by Gasteiger charge is 2.33. The third-order valence-corrected chi connectivity index (χ3v) is 7.44. The van der Waals surface area contributed by atoms with E-state index in [9.17, 15) is 22.4 Å². The van der Waals surface area contributed by atoms with Gasteiger partial charge in [0.25, 0.3) is 5.91 Å². The Kier molecular flexibility index (Phi) is 6.37. The SMILES string of the molecule is Cc1cc(F)c(C(=O)NC2CC2)cc1-n1cc(-c2cnc3ccc(C4CCN(CC(F)(F)F)CC4)cn23)nn1. The van der Waals surface area contributed by atoms with Crippen molar-refractivity contribution in [3.8, 4) is 17.1 Å². The van der Waals surface area contributed by atoms with Crippen LogP contribution in [0.3, 0.4) is 0 Å². The molecule has 12 heteroatoms. The molecule has 6 rings (SSSR count). The summed E-state index contributed by atoms with van der Waals surface area (Å²) >= 11 is 0. The Balaban J connectivity index is 1.25. The van der Waals surface area contributed by atoms with E-state index in [0.717, 1.165) is 18.4 Å². The summed E-state index contributed by atoms with van der Waals surface area (Å²) in [6, 6.07) is 6.77. The van der Waals surface area contributed by atoms with E-state index in [-0.39, 0.29) is 17.5 Å². The van der Waals surface area contributed by atoms with E-state index in [1.54, 1.807) is 19.3 Å². The molecule has 1 aromatic carbocycles. The lowest BCUT2D eigenvalue weighted by Gasteiger charge is -2.32. The number of benzene rings is 1. The first-order chi connectivity index (χ1) is 18.6. The first-order valence-electron chi connectivity index (χ1n) is 12.9. The molecule has 0 spiro atoms. The summed E-state index contributed by atoms with van der Waals surface area (Å²) in [5, 5.41) is 11.4. The molecule has 8 nitrogen and oxygen atoms in total. The van der Waals surface area contributed by atoms with Crippen molar-refractivity contribution in [2.75, 3.05) is 19.6 Å². The number of pyridine rings is 1. The Hall–Kier alpha value is -3.80. The molecule has 1 saturated heterocycles. The zero-order valence-corrected chi connectivity index (χ0v) is 21.2. The van der Waals surface area contributed by atoms with E-state index in [1.807, 2.05) is 22.7 Å². The van der Waals surface area contributed by atoms with E-state index in [0.29, 0.717) is 54.2 Å². The van der Waals surface area contributed by atoms with Gasteiger partial charge in [0, 0.05) is 12.2 Å². The van der Waals surface area contributed by atoms with Crippen LogP contribution in [0.4, 0.5) is 17.6 Å². The van der Waals surface area contributed by atoms with Crippen molar-refractivity contribution in [1.29, 1.82) is 0 Å². The second-order valence-electron chi connectivity index (χ2n) is 10.4. The normalized spacial score (nSPS) is 17.2. The molecule has 4 heterocycles. The van der Waals surface area contributed by atoms with Gasteiger partial charge in [0.2, 0.25) is 0 Å². The first-order valence-corrected chi connectivity index (χ1v) is 12.9. The number of hydrogen-bond acceptors (Lipinski definition) is 5. The number of piperidine rings is 1. The van der Waals surface area contributed by atoms with Crippen LogP contribution >= 0.6 is 0 Å². The third kappa shape index (κ3) is 5.38. The Morgan fingerprint density at radius 1 is 1.10 bits per heavy atom. The molecule has 1 amide bonds. The van der Waals surface area contributed by atoms with Crippen molar-refractivity contribution in [3.63, 3.8) is 0 Å². The Morgan fingerprint density at radius 2 is 1.87 bits per heavy atom. The Bertz CT molecular complexity index is 1530. The van der Waals surface area contributed by atoms with Crippen LogP contribution in [-0.2, 0) is 0 Å². The van der Waals surface area contributed by atoms with Crippen molar-refractivity contribution in [2.45, 2.75) is 50.7 Å². The van der Waals surface area contributed by atoms with Crippen molar-refractivity contribution in [1.82, 2.24) is 34.6 Å². The van der Waals surface area contributed by atoms with Crippen LogP contribution in [-0.4, -0.2) is 67.0 Å². The minimum absolute atomic E-state index is 0.0414. The van der Waals surface area contributed by atoms with Gasteiger partial charge < -0.3 is 5.32 Å². The summed E-state index contributed by atoms with van der Waals surface area (Å²) in [6.07, 6.45) is 4.24. The predicted molar refractivity (Wildman–Crippen MR) is 135 cm³/mol. The van der Waals surface area contributed by atoms with Crippen molar-refractivity contribution in [3.05, 3.63) is 65.4 Å². The van der Waals surface area contributed by atoms with Gasteiger partial charge in [-0.2, -0.15) is 13.2 Å². The van der Waals surface area contributed by atoms with Crippen LogP contribution in [0.25, 0.3) is 22.7 Å². The molecule has 3 aromatic heterocycles. The van der Waals surface area contributed by atoms with Crippen molar-refractivity contribution in [2.24, 2.45) is 0 Å². The predicted octanol–water partition coefficient (Wildman–Crippen LogP) is 4.66. The maximum Gasteiger partial charge on any atom is 0.401 e. The topological polar surface area (TPSA) is 80.4 Å². The lowest BCUT2D eigenvalue weighted by Crippen LogP contribution is -2.39. The number of imidazole rings is 1. The smallest absolute Gasteiger partial charge is 0.349 e. The highest BCUT2D eigenvalue weighted by Crippen LogP contribution is 2.31. The van der Waals surface area contributed by atoms with Crippen LogP contribution < -0.4 is 5.32 Å². The molecule has 2 fully saturated rings. The summed E-state index contributed by atoms with van der Waals surface area (Å²) in [7, 11) is 0. The van der Waals surface area contributed by atoms with E-state index in [4.69, 9.17) is 0 Å². The van der Waals surface area contributed by atoms with Gasteiger partial charge in [0.05, 0.1) is 35.9 Å². The maximum absolute atomic E-state index is 14.6. The number of halogens is 4. The number of carbonyl (C=O) groups is 1. The van der Waals surface area contributed by atoms with Crippen LogP contribution in [0.2, 0.25) is 0 Å². The molecule has 0 radical (unpaired) electrons. The molecule has 0 bridgehead atoms. The molecule has 1 aliphatic heterocycles. The minimum Gasteiger partial charge on any atom is -0.349 e. The van der Waals surface area contributed by atoms with Gasteiger partial charge in [-0.15, -0.1) is 5.10 Å². The summed E-state index contributed by atoms with van der Waals surface area (Å²) in [5.41, 5.74) is 4.06. The molecule has 2 aliphatic rings. The fourth-order valence-corrected chi connectivity index (χ4v) is 5.18. The number of aryl methyl sites for hydroxylation is 1. The molecule has 4 aromatic rings. The number of hydrogen-bond donors (Lipinski definition) is 1. The number of nitrogens with zero attached hydrogens (tertiary/aromatic N) is 6. The van der Waals surface area contributed by atoms with E-state index in [2.05, 4.69) is 20.6 Å². The molecule has 1 N–H and O–H groups in total. The molecular formula is C27H27F4N7O. The first kappa shape index (κ1) is 25.5. The van der Waals surface area contributed by atoms with Gasteiger partial charge in [-0.1, -0.05) is 11.3 Å². The number of likely N-dealkylation sites (tertiary alicyclic amines) is 1. The van der Waals surface area contributed by atoms with E-state index < -0.39 is 24.4 Å². The number of aromatic nitrogens is 5. The molecule has 0 unspecified atom stereocenters. The average molecular weight is 542 g/mol. The van der Waals surface area contributed by atoms with Gasteiger partial charge in [-0.25, -0.2) is 14.1 Å². The largest absolute Gasteiger partial charge is 0.401 e. The molecule has 1 saturated carbocycles. The van der Waals surface area contributed by atoms with Gasteiger partial charge in [-0.3, -0.25) is 14.1 Å². The van der Waals surface area contributed by atoms with Gasteiger partial charge in [0.15, 0.2) is 0 Å². The minimum atomic E-state index is -4.19. The second-order valence-corrected chi connectivity index (χ2v) is 10.4. The molecular weight excluding hydrogens is 514 g/mol. The number of rotatable bonds is 6. The van der Waals surface area contributed by atoms with Crippen molar-refractivity contribution >= 4 is 11.6 Å². The van der Waals surface area contributed by atoms with E-state index in [1.165, 1.54) is 21.7 Å². The highest BCUT2D eigenvalue weighted by atomic mass is 19.4. The summed E-state index contributed by atoms with van der Waals surface area (Å²) in [5.74, 6) is -0.893. The molecule has 1 aliphatic carbocycles. The fraction of sp³-hybridized carbons (Fsp3) is 0.407. The maximum atomic E-state index is 14.6. The number of nitrogens with one attached hydrogen (secondary N) is 1. The fourth-order valence-electron chi connectivity index (χ4n) is 5.18. The monoisotopic (exact) mass is 541 g/mol. The number of carbonyl (C=O) groups excluding carboxylic acids is 1. The molecule has 204 valence electrons. The number of alkyl halides is 3. The standard InChI is InChI=1S/C27H27F4N7O/c1-16-10-21(28)20(26(39)33-19-3-4-19)11-23(16)38-14-22(34-35-38)24-12-32-25-5-2-18(13-37(24)25)17-6-8-36(9-7-17)15-27(29,30)31/h2,5,10-14,17,19H,3-4,6-9,15H2,1H3,(H,33,39). The number of fused-ring (bicyclic) bond motifs is 1. The Morgan fingerprint density at radius 3 is 2.59 bits per heavy atom. The van der Waals surface area contributed by atoms with Crippen LogP contribution in [0, 0.1) is 12.7 Å². The lowest BCUT2D eigenvalue weighted by atomic mass is 9.90. The van der Waals surface area contributed by atoms with Crippen LogP contribution in [0.5, 0.6) is 0 Å². The quantitative estimate of drug-likeness (QED) is 0.359. The summed E-state index contributed by atoms with van der Waals surface area (Å²) in [6.45, 7) is 1.65. The summed E-state index contributed by atoms with van der Waals surface area (Å²) < 4.78 is 56.3. The Labute approximate surface area is 221 Å². The number of amides is 1. The van der Waals surface area contributed by atoms with Crippen molar-refractivity contribution < 1.29 is 22.4 Å². The average Bonchev–Trinajstić information content (AvgIpc) is 3.39. The van der Waals surface area contributed by atoms with Crippen LogP contribution in [0.1, 0.15) is 53.1 Å². The highest BCUT2D eigenvalue weighted by molar-refractivity contribution is 5.95. The zero-order chi connectivity index (χ0) is 27.3. The van der Waals surface area contributed by atoms with E-state index >= 15 is 0 Å². The van der Waals surface area contributed by atoms with Gasteiger partial charge >= 0.3 is 6.18 Å². The zero-order valence-electron chi connectivity index (χ0n) is 21.2. The molecule has 39 heavy (non-hydrogen) atoms. The lowest BCUT2D eigenvalue weighted by molar-refractivity contribution is -0.147. The molecule has 0 atom stereocenters. The third-order valence-electron chi connectivity index (χ3n) is 7.44. The summed E-state index contributed by atoms with van der Waals surface area (Å²) in [4.78, 5) is 18.4. The van der Waals surface area contributed by atoms with Crippen LogP contribution in [0.15, 0.2) is 42.9 Å². The van der Waals surface area contributed by atoms with Gasteiger partial charge in [-0.05, 0) is 80.9 Å². The van der Waals surface area contributed by atoms with Gasteiger partial charge in [0.1, 0.15) is 17.2 Å².